The molecule has 4 aromatic rings. The van der Waals surface area contributed by atoms with Gasteiger partial charge in [-0.1, -0.05) is 6.07 Å². The van der Waals surface area contributed by atoms with Gasteiger partial charge in [0.05, 0.1) is 41.8 Å². The van der Waals surface area contributed by atoms with E-state index in [4.69, 9.17) is 0 Å². The summed E-state index contributed by atoms with van der Waals surface area (Å²) in [6.07, 6.45) is 6.36. The Balaban J connectivity index is 1.36. The molecule has 0 radical (unpaired) electrons. The Kier molecular flexibility index (Phi) is 6.07. The fourth-order valence-corrected chi connectivity index (χ4v) is 5.57. The van der Waals surface area contributed by atoms with Crippen molar-refractivity contribution in [1.29, 1.82) is 0 Å². The van der Waals surface area contributed by atoms with E-state index < -0.39 is 21.7 Å². The molecule has 4 heterocycles. The molecule has 39 heavy (non-hydrogen) atoms. The molecule has 1 aromatic carbocycles. The SMILES string of the molecule is CC(C)n1cnnc1-c1cccc(NC(=O)c2cc3c(cc2F)CN(S(C)(=O)=O)Cc2c(C4CC4)ncn2-3)n1. The number of carbonyl (C=O) groups is 1. The summed E-state index contributed by atoms with van der Waals surface area (Å²) in [5.41, 5.74) is 2.88. The largest absolute Gasteiger partial charge is 0.310 e. The first-order chi connectivity index (χ1) is 18.6. The molecule has 13 heteroatoms. The summed E-state index contributed by atoms with van der Waals surface area (Å²) in [6, 6.07) is 7.87. The third kappa shape index (κ3) is 4.72. The molecule has 1 amide bonds. The van der Waals surface area contributed by atoms with Gasteiger partial charge in [-0.05, 0) is 56.5 Å². The van der Waals surface area contributed by atoms with Crippen molar-refractivity contribution in [2.75, 3.05) is 11.6 Å². The maximum absolute atomic E-state index is 15.4. The van der Waals surface area contributed by atoms with Crippen LogP contribution in [-0.4, -0.2) is 54.2 Å². The Morgan fingerprint density at radius 1 is 1.15 bits per heavy atom. The molecule has 0 bridgehead atoms. The van der Waals surface area contributed by atoms with E-state index in [2.05, 4.69) is 25.5 Å². The standard InChI is InChI=1S/C26H27FN8O3S/c1-15(2)34-14-29-32-25(34)20-5-4-6-23(30-20)31-26(36)18-10-21-17(9-19(18)27)11-33(39(3,37)38)12-22-24(16-7-8-16)28-13-35(21)22/h4-6,9-10,13-16H,7-8,11-12H2,1-3H3,(H,30,31,36). The van der Waals surface area contributed by atoms with Crippen molar-refractivity contribution in [2.24, 2.45) is 0 Å². The van der Waals surface area contributed by atoms with Gasteiger partial charge in [-0.25, -0.2) is 22.8 Å². The van der Waals surface area contributed by atoms with Crippen molar-refractivity contribution in [1.82, 2.24) is 33.6 Å². The zero-order valence-corrected chi connectivity index (χ0v) is 22.5. The first-order valence-electron chi connectivity index (χ1n) is 12.6. The molecule has 0 atom stereocenters. The Morgan fingerprint density at radius 3 is 2.67 bits per heavy atom. The molecule has 0 saturated heterocycles. The van der Waals surface area contributed by atoms with Crippen LogP contribution >= 0.6 is 0 Å². The minimum atomic E-state index is -3.58. The molecule has 2 aliphatic rings. The number of nitrogens with zero attached hydrogens (tertiary/aromatic N) is 7. The Morgan fingerprint density at radius 2 is 1.95 bits per heavy atom. The van der Waals surface area contributed by atoms with E-state index in [-0.39, 0.29) is 36.4 Å². The number of aromatic nitrogens is 6. The molecule has 6 rings (SSSR count). The highest BCUT2D eigenvalue weighted by Crippen LogP contribution is 2.42. The van der Waals surface area contributed by atoms with Crippen LogP contribution in [0.25, 0.3) is 17.2 Å². The number of imidazole rings is 1. The lowest BCUT2D eigenvalue weighted by atomic mass is 10.1. The van der Waals surface area contributed by atoms with Crippen molar-refractivity contribution in [3.05, 3.63) is 71.3 Å². The van der Waals surface area contributed by atoms with Crippen molar-refractivity contribution in [3.63, 3.8) is 0 Å². The van der Waals surface area contributed by atoms with Gasteiger partial charge in [0.2, 0.25) is 10.0 Å². The van der Waals surface area contributed by atoms with E-state index in [1.807, 2.05) is 18.4 Å². The minimum Gasteiger partial charge on any atom is -0.310 e. The molecule has 0 spiro atoms. The second-order valence-electron chi connectivity index (χ2n) is 10.2. The van der Waals surface area contributed by atoms with Gasteiger partial charge in [0, 0.05) is 18.5 Å². The number of sulfonamides is 1. The maximum Gasteiger partial charge on any atom is 0.259 e. The molecule has 1 fully saturated rings. The molecule has 1 saturated carbocycles. The molecule has 1 aliphatic heterocycles. The Bertz CT molecular complexity index is 1710. The quantitative estimate of drug-likeness (QED) is 0.388. The topological polar surface area (TPSA) is 128 Å². The van der Waals surface area contributed by atoms with Crippen LogP contribution < -0.4 is 5.32 Å². The van der Waals surface area contributed by atoms with Gasteiger partial charge in [-0.3, -0.25) is 4.79 Å². The average molecular weight is 551 g/mol. The monoisotopic (exact) mass is 550 g/mol. The lowest BCUT2D eigenvalue weighted by Crippen LogP contribution is -2.28. The zero-order chi connectivity index (χ0) is 27.5. The van der Waals surface area contributed by atoms with Gasteiger partial charge in [-0.2, -0.15) is 4.31 Å². The van der Waals surface area contributed by atoms with Crippen LogP contribution in [-0.2, 0) is 23.1 Å². The van der Waals surface area contributed by atoms with Crippen molar-refractivity contribution in [2.45, 2.75) is 51.7 Å². The average Bonchev–Trinajstić information content (AvgIpc) is 3.48. The molecule has 202 valence electrons. The number of amides is 1. The van der Waals surface area contributed by atoms with E-state index >= 15 is 4.39 Å². The van der Waals surface area contributed by atoms with Crippen molar-refractivity contribution in [3.8, 4) is 17.2 Å². The van der Waals surface area contributed by atoms with Crippen LogP contribution in [0.15, 0.2) is 43.0 Å². The normalized spacial score (nSPS) is 15.6. The summed E-state index contributed by atoms with van der Waals surface area (Å²) in [4.78, 5) is 22.3. The fourth-order valence-electron chi connectivity index (χ4n) is 4.84. The van der Waals surface area contributed by atoms with Gasteiger partial charge in [0.1, 0.15) is 23.7 Å². The summed E-state index contributed by atoms with van der Waals surface area (Å²) < 4.78 is 45.4. The summed E-state index contributed by atoms with van der Waals surface area (Å²) in [6.45, 7) is 4.10. The van der Waals surface area contributed by atoms with Gasteiger partial charge < -0.3 is 14.5 Å². The predicted octanol–water partition coefficient (Wildman–Crippen LogP) is 3.65. The van der Waals surface area contributed by atoms with Crippen LogP contribution in [0.4, 0.5) is 10.2 Å². The number of carbonyl (C=O) groups excluding carboxylic acids is 1. The first-order valence-corrected chi connectivity index (χ1v) is 14.5. The highest BCUT2D eigenvalue weighted by atomic mass is 32.2. The molecule has 1 N–H and O–H groups in total. The number of anilines is 1. The Labute approximate surface area is 224 Å². The van der Waals surface area contributed by atoms with Crippen LogP contribution in [0.2, 0.25) is 0 Å². The predicted molar refractivity (Wildman–Crippen MR) is 141 cm³/mol. The molecule has 3 aromatic heterocycles. The lowest BCUT2D eigenvalue weighted by molar-refractivity contribution is 0.102. The van der Waals surface area contributed by atoms with Gasteiger partial charge in [-0.15, -0.1) is 10.2 Å². The second-order valence-corrected chi connectivity index (χ2v) is 12.2. The van der Waals surface area contributed by atoms with Crippen molar-refractivity contribution < 1.29 is 17.6 Å². The van der Waals surface area contributed by atoms with E-state index in [0.29, 0.717) is 22.8 Å². The number of rotatable bonds is 6. The van der Waals surface area contributed by atoms with Crippen LogP contribution in [0.5, 0.6) is 0 Å². The summed E-state index contributed by atoms with van der Waals surface area (Å²) in [5, 5.41) is 10.8. The van der Waals surface area contributed by atoms with E-state index in [0.717, 1.165) is 30.5 Å². The summed E-state index contributed by atoms with van der Waals surface area (Å²) in [5.74, 6) is -0.383. The zero-order valence-electron chi connectivity index (χ0n) is 21.7. The van der Waals surface area contributed by atoms with Gasteiger partial charge >= 0.3 is 0 Å². The second kappa shape index (κ2) is 9.35. The summed E-state index contributed by atoms with van der Waals surface area (Å²) >= 11 is 0. The third-order valence-electron chi connectivity index (χ3n) is 7.03. The molecule has 1 aliphatic carbocycles. The van der Waals surface area contributed by atoms with Gasteiger partial charge in [0.25, 0.3) is 5.91 Å². The number of pyridine rings is 1. The number of nitrogens with one attached hydrogen (secondary N) is 1. The summed E-state index contributed by atoms with van der Waals surface area (Å²) in [7, 11) is -3.58. The van der Waals surface area contributed by atoms with E-state index in [1.165, 1.54) is 16.4 Å². The Hall–Kier alpha value is -3.97. The molecule has 0 unspecified atom stereocenters. The number of fused-ring (bicyclic) bond motifs is 3. The first kappa shape index (κ1) is 25.3. The number of hydrogen-bond acceptors (Lipinski definition) is 7. The van der Waals surface area contributed by atoms with Gasteiger partial charge in [0.15, 0.2) is 5.82 Å². The third-order valence-corrected chi connectivity index (χ3v) is 8.22. The number of halogens is 1. The smallest absolute Gasteiger partial charge is 0.259 e. The number of benzene rings is 1. The maximum atomic E-state index is 15.4. The van der Waals surface area contributed by atoms with Crippen LogP contribution in [0, 0.1) is 5.82 Å². The minimum absolute atomic E-state index is 0.0150. The molecular weight excluding hydrogens is 523 g/mol. The molecular formula is C26H27FN8O3S. The highest BCUT2D eigenvalue weighted by Gasteiger charge is 2.34. The van der Waals surface area contributed by atoms with Crippen LogP contribution in [0.1, 0.15) is 66.0 Å². The molecule has 11 nitrogen and oxygen atoms in total. The fraction of sp³-hybridized carbons (Fsp3) is 0.346. The van der Waals surface area contributed by atoms with Crippen LogP contribution in [0.3, 0.4) is 0 Å². The van der Waals surface area contributed by atoms with E-state index in [9.17, 15) is 13.2 Å². The lowest BCUT2D eigenvalue weighted by Gasteiger charge is -2.18. The highest BCUT2D eigenvalue weighted by molar-refractivity contribution is 7.88. The number of hydrogen-bond donors (Lipinski definition) is 1. The van der Waals surface area contributed by atoms with E-state index in [1.54, 1.807) is 35.4 Å². The van der Waals surface area contributed by atoms with Crippen molar-refractivity contribution >= 4 is 21.7 Å².